The third-order valence-electron chi connectivity index (χ3n) is 2.49. The van der Waals surface area contributed by atoms with Crippen LogP contribution >= 0.6 is 11.8 Å². The Kier molecular flexibility index (Phi) is 7.40. The molecule has 0 atom stereocenters. The van der Waals surface area contributed by atoms with Gasteiger partial charge in [-0.15, -0.1) is 0 Å². The van der Waals surface area contributed by atoms with Gasteiger partial charge < -0.3 is 9.84 Å². The molecule has 0 bridgehead atoms. The molecule has 0 radical (unpaired) electrons. The molecule has 2 nitrogen and oxygen atoms in total. The van der Waals surface area contributed by atoms with Crippen molar-refractivity contribution in [3.63, 3.8) is 0 Å². The van der Waals surface area contributed by atoms with Gasteiger partial charge in [0.1, 0.15) is 12.4 Å². The molecule has 0 heterocycles. The summed E-state index contributed by atoms with van der Waals surface area (Å²) in [6.07, 6.45) is 2.48. The van der Waals surface area contributed by atoms with Crippen LogP contribution in [0.2, 0.25) is 0 Å². The minimum atomic E-state index is -0.105. The van der Waals surface area contributed by atoms with E-state index in [9.17, 15) is 0 Å². The van der Waals surface area contributed by atoms with Crippen molar-refractivity contribution in [2.24, 2.45) is 0 Å². The number of hydrogen-bond donors (Lipinski definition) is 1. The molecular weight excluding hydrogens is 244 g/mol. The molecule has 0 fully saturated rings. The lowest BCUT2D eigenvalue weighted by Gasteiger charge is -2.08. The van der Waals surface area contributed by atoms with Crippen molar-refractivity contribution in [1.82, 2.24) is 0 Å². The largest absolute Gasteiger partial charge is 0.496 e. The number of aliphatic hydroxyl groups excluding tert-OH is 1. The first-order valence-electron chi connectivity index (χ1n) is 6.16. The summed E-state index contributed by atoms with van der Waals surface area (Å²) in [6, 6.07) is 5.90. The van der Waals surface area contributed by atoms with Gasteiger partial charge in [0.2, 0.25) is 0 Å². The predicted molar refractivity (Wildman–Crippen MR) is 78.0 cm³/mol. The Labute approximate surface area is 114 Å². The van der Waals surface area contributed by atoms with Gasteiger partial charge in [-0.25, -0.2) is 0 Å². The van der Waals surface area contributed by atoms with Crippen molar-refractivity contribution in [2.45, 2.75) is 25.5 Å². The summed E-state index contributed by atoms with van der Waals surface area (Å²) in [5, 5.41) is 8.70. The molecule has 0 saturated carbocycles. The van der Waals surface area contributed by atoms with Crippen LogP contribution in [0.1, 0.15) is 30.9 Å². The number of thioether (sulfide) groups is 1. The maximum absolute atomic E-state index is 8.70. The molecule has 1 rings (SSSR count). The van der Waals surface area contributed by atoms with Crippen molar-refractivity contribution in [2.75, 3.05) is 19.5 Å². The molecule has 0 aliphatic carbocycles. The minimum absolute atomic E-state index is 0.105. The topological polar surface area (TPSA) is 29.5 Å². The van der Waals surface area contributed by atoms with Gasteiger partial charge in [0, 0.05) is 16.9 Å². The van der Waals surface area contributed by atoms with Crippen molar-refractivity contribution in [3.8, 4) is 17.6 Å². The first-order chi connectivity index (χ1) is 8.81. The molecule has 1 aromatic rings. The van der Waals surface area contributed by atoms with Gasteiger partial charge in [-0.3, -0.25) is 0 Å². The molecule has 18 heavy (non-hydrogen) atoms. The smallest absolute Gasteiger partial charge is 0.122 e. The molecule has 0 amide bonds. The Morgan fingerprint density at radius 3 is 2.89 bits per heavy atom. The fourth-order valence-electron chi connectivity index (χ4n) is 1.54. The van der Waals surface area contributed by atoms with E-state index < -0.39 is 0 Å². The van der Waals surface area contributed by atoms with E-state index in [0.29, 0.717) is 0 Å². The highest BCUT2D eigenvalue weighted by molar-refractivity contribution is 7.98. The fourth-order valence-corrected chi connectivity index (χ4v) is 2.62. The van der Waals surface area contributed by atoms with E-state index in [-0.39, 0.29) is 6.61 Å². The number of ether oxygens (including phenoxy) is 1. The van der Waals surface area contributed by atoms with Crippen LogP contribution in [0.4, 0.5) is 0 Å². The molecule has 0 saturated heterocycles. The molecule has 0 aromatic heterocycles. The normalized spacial score (nSPS) is 9.72. The highest BCUT2D eigenvalue weighted by atomic mass is 32.2. The standard InChI is InChI=1S/C15H20O2S/c1-3-4-10-18-12-14-11-13(6-5-9-16)7-8-15(14)17-2/h7-8,11,16H,3-4,9-10,12H2,1-2H3. The third kappa shape index (κ3) is 5.03. The number of unbranched alkanes of at least 4 members (excludes halogenated alkanes) is 1. The second-order valence-electron chi connectivity index (χ2n) is 3.89. The number of rotatable bonds is 6. The lowest BCUT2D eigenvalue weighted by Crippen LogP contribution is -1.92. The highest BCUT2D eigenvalue weighted by Gasteiger charge is 2.03. The maximum Gasteiger partial charge on any atom is 0.122 e. The number of benzene rings is 1. The van der Waals surface area contributed by atoms with E-state index in [1.54, 1.807) is 7.11 Å². The average Bonchev–Trinajstić information content (AvgIpc) is 2.41. The Balaban J connectivity index is 2.72. The zero-order valence-corrected chi connectivity index (χ0v) is 11.8. The molecule has 1 N–H and O–H groups in total. The van der Waals surface area contributed by atoms with Crippen LogP contribution in [0.25, 0.3) is 0 Å². The van der Waals surface area contributed by atoms with E-state index in [1.807, 2.05) is 30.0 Å². The van der Waals surface area contributed by atoms with Crippen LogP contribution in [-0.4, -0.2) is 24.6 Å². The van der Waals surface area contributed by atoms with Gasteiger partial charge in [0.25, 0.3) is 0 Å². The van der Waals surface area contributed by atoms with Crippen LogP contribution in [0.5, 0.6) is 5.75 Å². The van der Waals surface area contributed by atoms with Crippen molar-refractivity contribution < 1.29 is 9.84 Å². The number of hydrogen-bond acceptors (Lipinski definition) is 3. The van der Waals surface area contributed by atoms with E-state index in [2.05, 4.69) is 18.8 Å². The molecular formula is C15H20O2S. The first kappa shape index (κ1) is 14.9. The van der Waals surface area contributed by atoms with Gasteiger partial charge >= 0.3 is 0 Å². The van der Waals surface area contributed by atoms with E-state index in [1.165, 1.54) is 24.2 Å². The van der Waals surface area contributed by atoms with Gasteiger partial charge in [-0.05, 0) is 30.4 Å². The SMILES string of the molecule is CCCCSCc1cc(C#CCO)ccc1OC. The zero-order chi connectivity index (χ0) is 13.2. The Hall–Kier alpha value is -1.11. The molecule has 3 heteroatoms. The molecule has 0 spiro atoms. The third-order valence-corrected chi connectivity index (χ3v) is 3.58. The quantitative estimate of drug-likeness (QED) is 0.632. The maximum atomic E-state index is 8.70. The second-order valence-corrected chi connectivity index (χ2v) is 5.00. The second kappa shape index (κ2) is 8.91. The number of aliphatic hydroxyl groups is 1. The van der Waals surface area contributed by atoms with Gasteiger partial charge in [-0.1, -0.05) is 25.2 Å². The predicted octanol–water partition coefficient (Wildman–Crippen LogP) is 3.07. The molecule has 0 unspecified atom stereocenters. The minimum Gasteiger partial charge on any atom is -0.496 e. The summed E-state index contributed by atoms with van der Waals surface area (Å²) in [4.78, 5) is 0. The van der Waals surface area contributed by atoms with Crippen LogP contribution in [0.3, 0.4) is 0 Å². The van der Waals surface area contributed by atoms with Gasteiger partial charge in [0.05, 0.1) is 7.11 Å². The average molecular weight is 264 g/mol. The Morgan fingerprint density at radius 2 is 2.22 bits per heavy atom. The first-order valence-corrected chi connectivity index (χ1v) is 7.31. The lowest BCUT2D eigenvalue weighted by atomic mass is 10.1. The molecule has 1 aromatic carbocycles. The van der Waals surface area contributed by atoms with Crippen LogP contribution in [-0.2, 0) is 5.75 Å². The van der Waals surface area contributed by atoms with Gasteiger partial charge in [-0.2, -0.15) is 11.8 Å². The van der Waals surface area contributed by atoms with Crippen molar-refractivity contribution in [3.05, 3.63) is 29.3 Å². The van der Waals surface area contributed by atoms with E-state index in [0.717, 1.165) is 17.1 Å². The summed E-state index contributed by atoms with van der Waals surface area (Å²) >= 11 is 1.92. The lowest BCUT2D eigenvalue weighted by molar-refractivity contribution is 0.350. The Morgan fingerprint density at radius 1 is 1.39 bits per heavy atom. The fraction of sp³-hybridized carbons (Fsp3) is 0.467. The summed E-state index contributed by atoms with van der Waals surface area (Å²) in [6.45, 7) is 2.10. The molecule has 0 aliphatic heterocycles. The van der Waals surface area contributed by atoms with Crippen LogP contribution in [0, 0.1) is 11.8 Å². The van der Waals surface area contributed by atoms with Crippen LogP contribution in [0.15, 0.2) is 18.2 Å². The number of methoxy groups -OCH3 is 1. The monoisotopic (exact) mass is 264 g/mol. The van der Waals surface area contributed by atoms with E-state index >= 15 is 0 Å². The Bertz CT molecular complexity index is 418. The van der Waals surface area contributed by atoms with Crippen molar-refractivity contribution >= 4 is 11.8 Å². The van der Waals surface area contributed by atoms with Gasteiger partial charge in [0.15, 0.2) is 0 Å². The summed E-state index contributed by atoms with van der Waals surface area (Å²) in [7, 11) is 1.69. The highest BCUT2D eigenvalue weighted by Crippen LogP contribution is 2.24. The summed E-state index contributed by atoms with van der Waals surface area (Å²) in [5.74, 6) is 8.61. The van der Waals surface area contributed by atoms with Crippen molar-refractivity contribution in [1.29, 1.82) is 0 Å². The van der Waals surface area contributed by atoms with E-state index in [4.69, 9.17) is 9.84 Å². The molecule has 98 valence electrons. The summed E-state index contributed by atoms with van der Waals surface area (Å²) in [5.41, 5.74) is 2.10. The summed E-state index contributed by atoms with van der Waals surface area (Å²) < 4.78 is 5.35. The molecule has 0 aliphatic rings. The zero-order valence-electron chi connectivity index (χ0n) is 11.0. The van der Waals surface area contributed by atoms with Crippen LogP contribution < -0.4 is 4.74 Å².